The summed E-state index contributed by atoms with van der Waals surface area (Å²) in [6, 6.07) is 0. The van der Waals surface area contributed by atoms with E-state index in [4.69, 9.17) is 85.3 Å². The van der Waals surface area contributed by atoms with Crippen molar-refractivity contribution in [2.24, 2.45) is 29.1 Å². The molecule has 0 bridgehead atoms. The topological polar surface area (TPSA) is 399 Å². The van der Waals surface area contributed by atoms with Gasteiger partial charge in [0.1, 0.15) is 54.0 Å². The Kier molecular flexibility index (Phi) is 48.5. The van der Waals surface area contributed by atoms with Gasteiger partial charge in [0.05, 0.1) is 197 Å². The Morgan fingerprint density at radius 3 is 0.766 bits per heavy atom. The van der Waals surface area contributed by atoms with Crippen LogP contribution in [0.1, 0.15) is 92.4 Å². The first kappa shape index (κ1) is 86.2. The summed E-state index contributed by atoms with van der Waals surface area (Å²) < 4.78 is 102. The molecule has 0 amide bonds. The molecule has 30 heteroatoms. The molecule has 9 N–H and O–H groups in total. The molecule has 15 atom stereocenters. The van der Waals surface area contributed by atoms with Crippen molar-refractivity contribution in [3.8, 4) is 0 Å². The molecule has 3 aliphatic heterocycles. The molecule has 94 heavy (non-hydrogen) atoms. The van der Waals surface area contributed by atoms with Crippen LogP contribution < -0.4 is 0 Å². The van der Waals surface area contributed by atoms with Gasteiger partial charge in [0.25, 0.3) is 0 Å². The third kappa shape index (κ3) is 35.3. The van der Waals surface area contributed by atoms with Gasteiger partial charge in [-0.2, -0.15) is 0 Å². The van der Waals surface area contributed by atoms with E-state index in [1.807, 2.05) is 13.8 Å². The predicted octanol–water partition coefficient (Wildman–Crippen LogP) is -0.679. The minimum atomic E-state index is -1.19. The summed E-state index contributed by atoms with van der Waals surface area (Å²) in [5.41, 5.74) is -0.651. The van der Waals surface area contributed by atoms with Crippen molar-refractivity contribution in [1.29, 1.82) is 0 Å². The maximum atomic E-state index is 12.8. The van der Waals surface area contributed by atoms with Crippen molar-refractivity contribution in [2.45, 2.75) is 166 Å². The Hall–Kier alpha value is -2.07. The van der Waals surface area contributed by atoms with Gasteiger partial charge in [0.15, 0.2) is 18.9 Å². The molecule has 15 unspecified atom stereocenters. The maximum Gasteiger partial charge on any atom is 0.163 e. The number of rotatable bonds is 61. The van der Waals surface area contributed by atoms with Gasteiger partial charge < -0.3 is 131 Å². The number of ether oxygens (including phenoxy) is 18. The van der Waals surface area contributed by atoms with Crippen molar-refractivity contribution in [3.63, 3.8) is 0 Å². The molecular weight excluding hydrogens is 1250 g/mol. The van der Waals surface area contributed by atoms with Crippen LogP contribution in [0.2, 0.25) is 0 Å². The molecule has 0 aliphatic carbocycles. The number of Topliss-reactive ketones (excluding diaryl/α,β-unsaturated/α-hetero) is 3. The van der Waals surface area contributed by atoms with Crippen LogP contribution in [0.15, 0.2) is 0 Å². The van der Waals surface area contributed by atoms with Crippen molar-refractivity contribution in [3.05, 3.63) is 0 Å². The molecule has 3 rings (SSSR count). The van der Waals surface area contributed by atoms with Crippen LogP contribution in [0.4, 0.5) is 0 Å². The molecule has 3 aliphatic rings. The number of carbonyl (C=O) groups excluding carboxylic acids is 3. The zero-order chi connectivity index (χ0) is 68.8. The summed E-state index contributed by atoms with van der Waals surface area (Å²) in [5.74, 6) is -1.37. The lowest BCUT2D eigenvalue weighted by Gasteiger charge is -2.40. The first-order valence-corrected chi connectivity index (χ1v) is 33.6. The van der Waals surface area contributed by atoms with Crippen LogP contribution in [-0.2, 0) is 99.6 Å². The van der Waals surface area contributed by atoms with Crippen LogP contribution in [0.25, 0.3) is 0 Å². The number of aliphatic hydroxyl groups is 9. The Morgan fingerprint density at radius 2 is 0.543 bits per heavy atom. The molecule has 3 saturated heterocycles. The van der Waals surface area contributed by atoms with E-state index < -0.39 is 117 Å². The minimum absolute atomic E-state index is 0.00622. The van der Waals surface area contributed by atoms with Gasteiger partial charge in [0.2, 0.25) is 0 Å². The van der Waals surface area contributed by atoms with Crippen LogP contribution in [0.3, 0.4) is 0 Å². The lowest BCUT2D eigenvalue weighted by atomic mass is 9.79. The van der Waals surface area contributed by atoms with E-state index in [0.29, 0.717) is 138 Å². The van der Waals surface area contributed by atoms with Crippen LogP contribution in [0, 0.1) is 29.1 Å². The van der Waals surface area contributed by atoms with Gasteiger partial charge in [-0.15, -0.1) is 0 Å². The highest BCUT2D eigenvalue weighted by molar-refractivity contribution is 5.79. The smallest absolute Gasteiger partial charge is 0.163 e. The maximum absolute atomic E-state index is 12.8. The molecule has 0 saturated carbocycles. The van der Waals surface area contributed by atoms with E-state index in [2.05, 4.69) is 0 Å². The quantitative estimate of drug-likeness (QED) is 0.0341. The third-order valence-electron chi connectivity index (χ3n) is 16.5. The fourth-order valence-corrected chi connectivity index (χ4v) is 10.0. The number of hydrogen-bond donors (Lipinski definition) is 9. The summed E-state index contributed by atoms with van der Waals surface area (Å²) in [7, 11) is 0. The largest absolute Gasteiger partial charge is 0.394 e. The lowest BCUT2D eigenvalue weighted by molar-refractivity contribution is -0.284. The van der Waals surface area contributed by atoms with Crippen molar-refractivity contribution >= 4 is 17.3 Å². The fourth-order valence-electron chi connectivity index (χ4n) is 10.0. The highest BCUT2D eigenvalue weighted by atomic mass is 16.7. The van der Waals surface area contributed by atoms with Gasteiger partial charge in [-0.3, -0.25) is 14.4 Å². The van der Waals surface area contributed by atoms with E-state index in [-0.39, 0.29) is 122 Å². The first-order chi connectivity index (χ1) is 45.4. The van der Waals surface area contributed by atoms with Gasteiger partial charge in [-0.05, 0) is 25.2 Å². The molecule has 0 radical (unpaired) electrons. The summed E-state index contributed by atoms with van der Waals surface area (Å²) in [6.45, 7) is 15.6. The highest BCUT2D eigenvalue weighted by Gasteiger charge is 2.45. The van der Waals surface area contributed by atoms with Crippen molar-refractivity contribution in [2.75, 3.05) is 198 Å². The van der Waals surface area contributed by atoms with E-state index in [1.54, 1.807) is 20.8 Å². The number of carbonyl (C=O) groups is 3. The molecule has 0 spiro atoms. The zero-order valence-corrected chi connectivity index (χ0v) is 56.4. The molecule has 0 aromatic carbocycles. The van der Waals surface area contributed by atoms with Crippen LogP contribution in [-0.4, -0.2) is 335 Å². The molecule has 554 valence electrons. The SMILES string of the molecule is CC1C(OCCOCCOCCOCCCC(=O)CCOCC(COCCC(=O)CCCOCCOCCOCCOC2OC(CO)C(O)C(O)C2C)(COCCC(=O)CCCOCCOCCOCCOC2OC(CO)C(O)C(O)C2C)C(C)C)OC(CO)C(O)C1O. The third-order valence-corrected chi connectivity index (χ3v) is 16.5. The second-order valence-electron chi connectivity index (χ2n) is 24.2. The fraction of sp³-hybridized carbons (Fsp3) is 0.953. The summed E-state index contributed by atoms with van der Waals surface area (Å²) in [6.07, 6.45) is -8.75. The molecule has 0 aromatic heterocycles. The standard InChI is InChI=1S/C64H118O30/c1-45(2)64(42-86-18-12-49(68)9-6-15-77-21-24-80-27-30-83-33-36-89-61-46(3)55(71)58(74)52(39-65)92-61,43-87-19-13-50(69)10-7-16-78-22-25-81-28-31-84-34-37-90-62-47(4)56(72)59(75)53(40-66)93-62)44-88-20-14-51(70)11-8-17-79-23-26-82-29-32-85-35-38-91-63-48(5)57(73)60(76)54(41-67)94-63/h45-48,52-63,65-67,71-76H,6-44H2,1-5H3. The van der Waals surface area contributed by atoms with Crippen molar-refractivity contribution in [1.82, 2.24) is 0 Å². The van der Waals surface area contributed by atoms with E-state index in [1.165, 1.54) is 0 Å². The van der Waals surface area contributed by atoms with E-state index >= 15 is 0 Å². The summed E-state index contributed by atoms with van der Waals surface area (Å²) in [4.78, 5) is 38.5. The summed E-state index contributed by atoms with van der Waals surface area (Å²) >= 11 is 0. The first-order valence-electron chi connectivity index (χ1n) is 33.6. The molecule has 30 nitrogen and oxygen atoms in total. The highest BCUT2D eigenvalue weighted by Crippen LogP contribution is 2.32. The van der Waals surface area contributed by atoms with Gasteiger partial charge in [-0.25, -0.2) is 0 Å². The molecule has 0 aromatic rings. The number of hydrogen-bond acceptors (Lipinski definition) is 30. The molecular formula is C64H118O30. The monoisotopic (exact) mass is 1370 g/mol. The predicted molar refractivity (Wildman–Crippen MR) is 332 cm³/mol. The Bertz CT molecular complexity index is 1670. The molecule has 3 fully saturated rings. The van der Waals surface area contributed by atoms with Crippen molar-refractivity contribution < 1.29 is 146 Å². The average Bonchev–Trinajstić information content (AvgIpc) is 0.862. The second-order valence-corrected chi connectivity index (χ2v) is 24.2. The normalized spacial score (nSPS) is 27.3. The van der Waals surface area contributed by atoms with Crippen LogP contribution in [0.5, 0.6) is 0 Å². The van der Waals surface area contributed by atoms with Gasteiger partial charge in [0, 0.05) is 81.5 Å². The Balaban J connectivity index is 1.27. The second kappa shape index (κ2) is 52.9. The Labute approximate surface area is 554 Å². The lowest BCUT2D eigenvalue weighted by Crippen LogP contribution is -2.55. The van der Waals surface area contributed by atoms with Gasteiger partial charge in [-0.1, -0.05) is 34.6 Å². The average molecular weight is 1370 g/mol. The van der Waals surface area contributed by atoms with Gasteiger partial charge >= 0.3 is 0 Å². The number of ketones is 3. The van der Waals surface area contributed by atoms with E-state index in [9.17, 15) is 60.3 Å². The zero-order valence-electron chi connectivity index (χ0n) is 56.4. The van der Waals surface area contributed by atoms with E-state index in [0.717, 1.165) is 0 Å². The summed E-state index contributed by atoms with van der Waals surface area (Å²) in [5, 5.41) is 88.7. The number of aliphatic hydroxyl groups excluding tert-OH is 9. The van der Waals surface area contributed by atoms with Crippen LogP contribution >= 0.6 is 0 Å². The Morgan fingerprint density at radius 1 is 0.319 bits per heavy atom. The molecule has 3 heterocycles. The minimum Gasteiger partial charge on any atom is -0.394 e.